The van der Waals surface area contributed by atoms with Crippen LogP contribution < -0.4 is 10.6 Å². The summed E-state index contributed by atoms with van der Waals surface area (Å²) >= 11 is 0. The Bertz CT molecular complexity index is 415. The highest BCUT2D eigenvalue weighted by molar-refractivity contribution is 6.03. The molecule has 0 aliphatic rings. The van der Waals surface area contributed by atoms with E-state index in [4.69, 9.17) is 4.74 Å². The van der Waals surface area contributed by atoms with Crippen molar-refractivity contribution in [2.75, 3.05) is 25.6 Å². The maximum absolute atomic E-state index is 11.6. The van der Waals surface area contributed by atoms with E-state index in [9.17, 15) is 9.59 Å². The fourth-order valence-electron chi connectivity index (χ4n) is 1.49. The molecule has 5 heteroatoms. The van der Waals surface area contributed by atoms with Gasteiger partial charge in [-0.05, 0) is 25.5 Å². The van der Waals surface area contributed by atoms with Crippen molar-refractivity contribution < 1.29 is 14.3 Å². The number of carbonyl (C=O) groups is 2. The number of methoxy groups -OCH3 is 1. The Labute approximate surface area is 113 Å². The Morgan fingerprint density at radius 2 is 1.84 bits per heavy atom. The highest BCUT2D eigenvalue weighted by atomic mass is 16.5. The molecule has 0 saturated heterocycles. The van der Waals surface area contributed by atoms with E-state index in [1.807, 2.05) is 31.2 Å². The highest BCUT2D eigenvalue weighted by Crippen LogP contribution is 2.08. The van der Waals surface area contributed by atoms with Gasteiger partial charge in [0, 0.05) is 25.9 Å². The van der Waals surface area contributed by atoms with Crippen molar-refractivity contribution in [3.8, 4) is 0 Å². The lowest BCUT2D eigenvalue weighted by Gasteiger charge is -2.06. The summed E-state index contributed by atoms with van der Waals surface area (Å²) in [6.07, 6.45) is 0.572. The number of carbonyl (C=O) groups excluding carboxylic acids is 2. The van der Waals surface area contributed by atoms with Gasteiger partial charge < -0.3 is 15.4 Å². The minimum atomic E-state index is -0.312. The van der Waals surface area contributed by atoms with Crippen molar-refractivity contribution >= 4 is 17.5 Å². The molecule has 1 rings (SSSR count). The van der Waals surface area contributed by atoms with Gasteiger partial charge in [0.1, 0.15) is 6.42 Å². The molecule has 2 amide bonds. The van der Waals surface area contributed by atoms with Gasteiger partial charge in [-0.15, -0.1) is 0 Å². The molecule has 0 heterocycles. The molecule has 5 nitrogen and oxygen atoms in total. The first-order valence-corrected chi connectivity index (χ1v) is 6.24. The predicted molar refractivity (Wildman–Crippen MR) is 73.9 cm³/mol. The number of rotatable bonds is 7. The normalized spacial score (nSPS) is 10.0. The Balaban J connectivity index is 2.26. The van der Waals surface area contributed by atoms with Crippen LogP contribution in [0.15, 0.2) is 24.3 Å². The molecule has 0 aliphatic carbocycles. The van der Waals surface area contributed by atoms with E-state index in [2.05, 4.69) is 10.6 Å². The van der Waals surface area contributed by atoms with Gasteiger partial charge in [-0.1, -0.05) is 17.7 Å². The van der Waals surface area contributed by atoms with Crippen LogP contribution in [0.2, 0.25) is 0 Å². The molecule has 1 aromatic rings. The van der Waals surface area contributed by atoms with E-state index >= 15 is 0 Å². The summed E-state index contributed by atoms with van der Waals surface area (Å²) in [6.45, 7) is 3.08. The number of ether oxygens (including phenoxy) is 1. The van der Waals surface area contributed by atoms with Crippen molar-refractivity contribution in [3.63, 3.8) is 0 Å². The molecular formula is C14H20N2O3. The van der Waals surface area contributed by atoms with E-state index in [1.165, 1.54) is 0 Å². The van der Waals surface area contributed by atoms with Crippen LogP contribution in [-0.4, -0.2) is 32.1 Å². The van der Waals surface area contributed by atoms with Gasteiger partial charge in [0.25, 0.3) is 0 Å². The van der Waals surface area contributed by atoms with Crippen molar-refractivity contribution in [1.29, 1.82) is 0 Å². The summed E-state index contributed by atoms with van der Waals surface area (Å²) < 4.78 is 4.86. The lowest BCUT2D eigenvalue weighted by Crippen LogP contribution is -2.29. The Kier molecular flexibility index (Phi) is 6.60. The fraction of sp³-hybridized carbons (Fsp3) is 0.429. The lowest BCUT2D eigenvalue weighted by atomic mass is 10.2. The van der Waals surface area contributed by atoms with E-state index in [0.29, 0.717) is 18.8 Å². The predicted octanol–water partition coefficient (Wildman–Crippen LogP) is 1.48. The molecule has 2 N–H and O–H groups in total. The first-order chi connectivity index (χ1) is 9.11. The largest absolute Gasteiger partial charge is 0.385 e. The lowest BCUT2D eigenvalue weighted by molar-refractivity contribution is -0.126. The summed E-state index contributed by atoms with van der Waals surface area (Å²) in [6, 6.07) is 7.42. The van der Waals surface area contributed by atoms with Crippen LogP contribution in [0, 0.1) is 6.92 Å². The average molecular weight is 264 g/mol. The monoisotopic (exact) mass is 264 g/mol. The third-order valence-corrected chi connectivity index (χ3v) is 2.50. The van der Waals surface area contributed by atoms with Gasteiger partial charge in [0.2, 0.25) is 11.8 Å². The van der Waals surface area contributed by atoms with Crippen LogP contribution in [0.25, 0.3) is 0 Å². The summed E-state index contributed by atoms with van der Waals surface area (Å²) in [4.78, 5) is 23.0. The number of anilines is 1. The van der Waals surface area contributed by atoms with Gasteiger partial charge in [-0.3, -0.25) is 9.59 Å². The second kappa shape index (κ2) is 8.26. The van der Waals surface area contributed by atoms with Gasteiger partial charge >= 0.3 is 0 Å². The molecule has 0 atom stereocenters. The average Bonchev–Trinajstić information content (AvgIpc) is 2.37. The molecule has 0 radical (unpaired) electrons. The summed E-state index contributed by atoms with van der Waals surface area (Å²) in [5.74, 6) is -0.589. The molecule has 0 aliphatic heterocycles. The van der Waals surface area contributed by atoms with Crippen LogP contribution in [0.5, 0.6) is 0 Å². The smallest absolute Gasteiger partial charge is 0.233 e. The van der Waals surface area contributed by atoms with Crippen LogP contribution in [-0.2, 0) is 14.3 Å². The highest BCUT2D eigenvalue weighted by Gasteiger charge is 2.08. The Hall–Kier alpha value is -1.88. The molecule has 0 unspecified atom stereocenters. The summed E-state index contributed by atoms with van der Waals surface area (Å²) in [5.41, 5.74) is 1.82. The van der Waals surface area contributed by atoms with Crippen LogP contribution >= 0.6 is 0 Å². The van der Waals surface area contributed by atoms with Crippen molar-refractivity contribution in [1.82, 2.24) is 5.32 Å². The summed E-state index contributed by atoms with van der Waals surface area (Å²) in [7, 11) is 1.61. The molecule has 19 heavy (non-hydrogen) atoms. The Morgan fingerprint density at radius 3 is 2.47 bits per heavy atom. The maximum Gasteiger partial charge on any atom is 0.233 e. The van der Waals surface area contributed by atoms with Crippen molar-refractivity contribution in [3.05, 3.63) is 29.8 Å². The van der Waals surface area contributed by atoms with Crippen molar-refractivity contribution in [2.24, 2.45) is 0 Å². The van der Waals surface area contributed by atoms with E-state index in [1.54, 1.807) is 7.11 Å². The molecule has 0 spiro atoms. The second-order valence-corrected chi connectivity index (χ2v) is 4.29. The van der Waals surface area contributed by atoms with Crippen LogP contribution in [0.4, 0.5) is 5.69 Å². The molecule has 0 aromatic heterocycles. The number of amides is 2. The van der Waals surface area contributed by atoms with Crippen LogP contribution in [0.3, 0.4) is 0 Å². The van der Waals surface area contributed by atoms with E-state index < -0.39 is 0 Å². The molecule has 0 fully saturated rings. The SMILES string of the molecule is COCCCNC(=O)CC(=O)Nc1ccc(C)cc1. The van der Waals surface area contributed by atoms with Crippen molar-refractivity contribution in [2.45, 2.75) is 19.8 Å². The minimum Gasteiger partial charge on any atom is -0.385 e. The zero-order chi connectivity index (χ0) is 14.1. The zero-order valence-corrected chi connectivity index (χ0v) is 11.4. The number of benzene rings is 1. The van der Waals surface area contributed by atoms with Gasteiger partial charge in [0.05, 0.1) is 0 Å². The Morgan fingerprint density at radius 1 is 1.16 bits per heavy atom. The molecule has 104 valence electrons. The number of nitrogens with one attached hydrogen (secondary N) is 2. The van der Waals surface area contributed by atoms with E-state index in [0.717, 1.165) is 12.0 Å². The zero-order valence-electron chi connectivity index (χ0n) is 11.4. The van der Waals surface area contributed by atoms with Crippen LogP contribution in [0.1, 0.15) is 18.4 Å². The number of hydrogen-bond donors (Lipinski definition) is 2. The van der Waals surface area contributed by atoms with E-state index in [-0.39, 0.29) is 18.2 Å². The molecule has 0 bridgehead atoms. The number of hydrogen-bond acceptors (Lipinski definition) is 3. The number of aryl methyl sites for hydroxylation is 1. The van der Waals surface area contributed by atoms with Gasteiger partial charge in [-0.25, -0.2) is 0 Å². The maximum atomic E-state index is 11.6. The minimum absolute atomic E-state index is 0.166. The topological polar surface area (TPSA) is 67.4 Å². The van der Waals surface area contributed by atoms with Gasteiger partial charge in [0.15, 0.2) is 0 Å². The first-order valence-electron chi connectivity index (χ1n) is 6.24. The third-order valence-electron chi connectivity index (χ3n) is 2.50. The standard InChI is InChI=1S/C14H20N2O3/c1-11-4-6-12(7-5-11)16-14(18)10-13(17)15-8-3-9-19-2/h4-7H,3,8-10H2,1-2H3,(H,15,17)(H,16,18). The summed E-state index contributed by atoms with van der Waals surface area (Å²) in [5, 5.41) is 5.34. The molecule has 0 saturated carbocycles. The molecule has 1 aromatic carbocycles. The first kappa shape index (κ1) is 15.2. The fourth-order valence-corrected chi connectivity index (χ4v) is 1.49. The second-order valence-electron chi connectivity index (χ2n) is 4.29. The van der Waals surface area contributed by atoms with Gasteiger partial charge in [-0.2, -0.15) is 0 Å². The third kappa shape index (κ3) is 6.57. The molecular weight excluding hydrogens is 244 g/mol. The quantitative estimate of drug-likeness (QED) is 0.579.